The molecule has 0 spiro atoms. The van der Waals surface area contributed by atoms with Crippen molar-refractivity contribution in [3.05, 3.63) is 101 Å². The van der Waals surface area contributed by atoms with Crippen molar-refractivity contribution in [2.75, 3.05) is 38.7 Å². The van der Waals surface area contributed by atoms with Crippen LogP contribution in [0.5, 0.6) is 0 Å². The summed E-state index contributed by atoms with van der Waals surface area (Å²) in [6.07, 6.45) is -1.80. The van der Waals surface area contributed by atoms with Gasteiger partial charge in [0, 0.05) is 45.5 Å². The van der Waals surface area contributed by atoms with Crippen molar-refractivity contribution in [1.29, 1.82) is 0 Å². The van der Waals surface area contributed by atoms with Crippen LogP contribution in [0.25, 0.3) is 0 Å². The lowest BCUT2D eigenvalue weighted by atomic mass is 9.90. The number of nitrogens with zero attached hydrogens (tertiary/aromatic N) is 1. The highest BCUT2D eigenvalue weighted by Crippen LogP contribution is 2.36. The van der Waals surface area contributed by atoms with E-state index in [-0.39, 0.29) is 43.4 Å². The van der Waals surface area contributed by atoms with Crippen LogP contribution >= 0.6 is 0 Å². The molecule has 286 valence electrons. The fraction of sp³-hybridized carbons (Fsp3) is 0.368. The number of hydrogen-bond acceptors (Lipinski definition) is 9. The Hall–Kier alpha value is -6.03. The highest BCUT2D eigenvalue weighted by atomic mass is 19.1. The smallest absolute Gasteiger partial charge is 0.407 e. The second-order valence-corrected chi connectivity index (χ2v) is 12.7. The van der Waals surface area contributed by atoms with E-state index in [0.29, 0.717) is 37.2 Å². The zero-order valence-corrected chi connectivity index (χ0v) is 29.9. The van der Waals surface area contributed by atoms with Crippen LogP contribution in [-0.4, -0.2) is 86.2 Å². The number of benzene rings is 3. The van der Waals surface area contributed by atoms with Gasteiger partial charge in [-0.2, -0.15) is 0 Å². The van der Waals surface area contributed by atoms with Gasteiger partial charge in [-0.3, -0.25) is 19.2 Å². The largest absolute Gasteiger partial charge is 0.445 e. The molecule has 15 nitrogen and oxygen atoms in total. The molecule has 6 amide bonds. The number of halogens is 1. The molecule has 0 aliphatic carbocycles. The number of nitrogens with one attached hydrogen (secondary N) is 5. The van der Waals surface area contributed by atoms with E-state index in [1.165, 1.54) is 31.0 Å². The Morgan fingerprint density at radius 3 is 2.35 bits per heavy atom. The monoisotopic (exact) mass is 746 g/mol. The third kappa shape index (κ3) is 10.1. The number of amides is 6. The van der Waals surface area contributed by atoms with Crippen molar-refractivity contribution in [1.82, 2.24) is 26.2 Å². The summed E-state index contributed by atoms with van der Waals surface area (Å²) in [6, 6.07) is 17.2. The summed E-state index contributed by atoms with van der Waals surface area (Å²) >= 11 is 0. The number of hydrogen-bond donors (Lipinski definition) is 5. The van der Waals surface area contributed by atoms with Crippen LogP contribution in [0.3, 0.4) is 0 Å². The van der Waals surface area contributed by atoms with E-state index in [2.05, 4.69) is 26.6 Å². The molecule has 2 unspecified atom stereocenters. The number of anilines is 1. The van der Waals surface area contributed by atoms with Crippen LogP contribution in [0, 0.1) is 11.7 Å². The predicted molar refractivity (Wildman–Crippen MR) is 192 cm³/mol. The molecule has 5 N–H and O–H groups in total. The van der Waals surface area contributed by atoms with E-state index in [0.717, 1.165) is 11.6 Å². The van der Waals surface area contributed by atoms with E-state index in [4.69, 9.17) is 14.2 Å². The summed E-state index contributed by atoms with van der Waals surface area (Å²) < 4.78 is 30.8. The molecule has 2 heterocycles. The van der Waals surface area contributed by atoms with Gasteiger partial charge in [0.25, 0.3) is 17.7 Å². The average Bonchev–Trinajstić information content (AvgIpc) is 3.59. The van der Waals surface area contributed by atoms with Gasteiger partial charge in [-0.1, -0.05) is 54.6 Å². The first-order valence-corrected chi connectivity index (χ1v) is 17.5. The molecular formula is C38H43FN6O9. The second-order valence-electron chi connectivity index (χ2n) is 12.7. The summed E-state index contributed by atoms with van der Waals surface area (Å²) in [7, 11) is 1.35. The van der Waals surface area contributed by atoms with Gasteiger partial charge in [-0.15, -0.1) is 0 Å². The van der Waals surface area contributed by atoms with Crippen LogP contribution in [0.2, 0.25) is 0 Å². The van der Waals surface area contributed by atoms with E-state index < -0.39 is 59.8 Å². The third-order valence-electron chi connectivity index (χ3n) is 9.07. The Kier molecular flexibility index (Phi) is 13.5. The first-order valence-electron chi connectivity index (χ1n) is 17.5. The minimum Gasteiger partial charge on any atom is -0.445 e. The van der Waals surface area contributed by atoms with Crippen LogP contribution in [0.1, 0.15) is 52.9 Å². The molecular weight excluding hydrogens is 703 g/mol. The molecule has 0 radical (unpaired) electrons. The molecule has 0 bridgehead atoms. The molecule has 16 heteroatoms. The lowest BCUT2D eigenvalue weighted by molar-refractivity contribution is -0.145. The Morgan fingerprint density at radius 2 is 1.61 bits per heavy atom. The molecule has 3 aromatic carbocycles. The Labute approximate surface area is 311 Å². The fourth-order valence-electron chi connectivity index (χ4n) is 6.21. The van der Waals surface area contributed by atoms with Crippen molar-refractivity contribution in [2.24, 2.45) is 5.92 Å². The van der Waals surface area contributed by atoms with Crippen molar-refractivity contribution in [3.8, 4) is 0 Å². The average molecular weight is 747 g/mol. The van der Waals surface area contributed by atoms with Gasteiger partial charge in [0.1, 0.15) is 24.5 Å². The highest BCUT2D eigenvalue weighted by molar-refractivity contribution is 6.02. The van der Waals surface area contributed by atoms with Gasteiger partial charge in [0.2, 0.25) is 5.91 Å². The summed E-state index contributed by atoms with van der Waals surface area (Å²) in [4.78, 5) is 79.6. The minimum atomic E-state index is -1.22. The van der Waals surface area contributed by atoms with E-state index in [9.17, 15) is 28.8 Å². The lowest BCUT2D eigenvalue weighted by Crippen LogP contribution is -2.55. The highest BCUT2D eigenvalue weighted by Gasteiger charge is 2.44. The van der Waals surface area contributed by atoms with E-state index in [1.807, 2.05) is 30.3 Å². The standard InChI is InChI=1S/C38H43FN6O9/c1-23(54-37(50)40-2)33(46)44-31(25-14-18-52-19-15-25)36(49)45-21-27-10-6-7-11-28(27)32(45)35(48)43-30-20-26(12-13-29(30)39)34(47)41-16-17-42-38(51)53-22-24-8-4-3-5-9-24/h3-13,20,23,25,31-32H,14-19,21-22H2,1-2H3,(H,40,50)(H,41,47)(H,42,51)(H,43,48)(H,44,46)/t23?,31?,32-/m0/s1. The zero-order chi connectivity index (χ0) is 38.6. The molecule has 54 heavy (non-hydrogen) atoms. The Balaban J connectivity index is 1.26. The number of ether oxygens (including phenoxy) is 3. The minimum absolute atomic E-state index is 0.0335. The van der Waals surface area contributed by atoms with Crippen LogP contribution in [0.15, 0.2) is 72.8 Å². The third-order valence-corrected chi connectivity index (χ3v) is 9.07. The summed E-state index contributed by atoms with van der Waals surface area (Å²) in [5, 5.41) is 12.7. The van der Waals surface area contributed by atoms with Crippen LogP contribution < -0.4 is 26.6 Å². The van der Waals surface area contributed by atoms with E-state index >= 15 is 4.39 Å². The molecule has 2 aliphatic heterocycles. The topological polar surface area (TPSA) is 193 Å². The maximum Gasteiger partial charge on any atom is 0.407 e. The Bertz CT molecular complexity index is 1840. The second kappa shape index (κ2) is 18.6. The van der Waals surface area contributed by atoms with Crippen molar-refractivity contribution < 1.29 is 47.4 Å². The molecule has 3 aromatic rings. The number of carbonyl (C=O) groups is 6. The first kappa shape index (κ1) is 39.2. The number of alkyl carbamates (subject to hydrolysis) is 2. The molecule has 0 aromatic heterocycles. The van der Waals surface area contributed by atoms with Crippen molar-refractivity contribution in [3.63, 3.8) is 0 Å². The fourth-order valence-corrected chi connectivity index (χ4v) is 6.21. The van der Waals surface area contributed by atoms with Gasteiger partial charge >= 0.3 is 12.2 Å². The summed E-state index contributed by atoms with van der Waals surface area (Å²) in [5.41, 5.74) is 1.77. The zero-order valence-electron chi connectivity index (χ0n) is 29.9. The Morgan fingerprint density at radius 1 is 0.907 bits per heavy atom. The molecule has 1 fully saturated rings. The molecule has 1 saturated heterocycles. The molecule has 3 atom stereocenters. The maximum atomic E-state index is 15.1. The SMILES string of the molecule is CNC(=O)OC(C)C(=O)NC(C(=O)N1Cc2ccccc2[C@H]1C(=O)Nc1cc(C(=O)NCCNC(=O)OCc2ccccc2)ccc1F)C1CCOCC1. The predicted octanol–water partition coefficient (Wildman–Crippen LogP) is 3.16. The normalized spacial score (nSPS) is 16.2. The van der Waals surface area contributed by atoms with Gasteiger partial charge in [0.05, 0.1) is 5.69 Å². The van der Waals surface area contributed by atoms with Crippen molar-refractivity contribution >= 4 is 41.5 Å². The van der Waals surface area contributed by atoms with Crippen LogP contribution in [0.4, 0.5) is 19.7 Å². The number of fused-ring (bicyclic) bond motifs is 1. The van der Waals surface area contributed by atoms with Crippen molar-refractivity contribution in [2.45, 2.75) is 51.1 Å². The van der Waals surface area contributed by atoms with Gasteiger partial charge in [0.15, 0.2) is 6.10 Å². The molecule has 5 rings (SSSR count). The van der Waals surface area contributed by atoms with Gasteiger partial charge < -0.3 is 45.7 Å². The van der Waals surface area contributed by atoms with Gasteiger partial charge in [-0.05, 0) is 60.6 Å². The maximum absolute atomic E-state index is 15.1. The summed E-state index contributed by atoms with van der Waals surface area (Å²) in [6.45, 7) is 2.32. The van der Waals surface area contributed by atoms with Crippen LogP contribution in [-0.2, 0) is 41.7 Å². The number of rotatable bonds is 13. The molecule has 0 saturated carbocycles. The summed E-state index contributed by atoms with van der Waals surface area (Å²) in [5.74, 6) is -3.74. The van der Waals surface area contributed by atoms with Gasteiger partial charge in [-0.25, -0.2) is 14.0 Å². The lowest BCUT2D eigenvalue weighted by Gasteiger charge is -2.35. The van der Waals surface area contributed by atoms with E-state index in [1.54, 1.807) is 24.3 Å². The first-order chi connectivity index (χ1) is 26.0. The molecule has 2 aliphatic rings. The number of carbonyl (C=O) groups excluding carboxylic acids is 6. The quantitative estimate of drug-likeness (QED) is 0.164.